The van der Waals surface area contributed by atoms with Gasteiger partial charge in [-0.3, -0.25) is 9.78 Å². The Balaban J connectivity index is 0.000000174. The van der Waals surface area contributed by atoms with Crippen LogP contribution < -0.4 is 20.5 Å². The number of thiophene rings is 1. The number of benzene rings is 2. The number of hydrogen-bond acceptors (Lipinski definition) is 10. The summed E-state index contributed by atoms with van der Waals surface area (Å²) in [6, 6.07) is 15.0. The van der Waals surface area contributed by atoms with Gasteiger partial charge in [0.1, 0.15) is 17.3 Å². The number of rotatable bonds is 7. The molecule has 0 atom stereocenters. The highest BCUT2D eigenvalue weighted by Gasteiger charge is 2.38. The lowest BCUT2D eigenvalue weighted by Crippen LogP contribution is -2.19. The first-order chi connectivity index (χ1) is 25.8. The van der Waals surface area contributed by atoms with Crippen molar-refractivity contribution in [3.63, 3.8) is 0 Å². The number of aromatic nitrogens is 4. The number of nitrogens with two attached hydrogens (primary N) is 1. The Morgan fingerprint density at radius 2 is 1.89 bits per heavy atom. The zero-order valence-electron chi connectivity index (χ0n) is 30.9. The highest BCUT2D eigenvalue weighted by Crippen LogP contribution is 2.44. The standard InChI is InChI=1S/C22H24N6O2S.C10H10F2O.C8H7ClO/c1-10(2)8-14-17(20(23)29)18(16(11(3)26-14)22-28-27-12(4)30-22)15-9-13-6-7-25-21(24-5)19(13)31-15;1-13-9-4-2-3-7-5-10(11,12)6-8(7)9;9-7-2-1-6-3-4-10-8(6)5-7/h6-7,9-10H,8H2,1-5H3,(H2,23,29)(H,24,25);2-4H,5-6H2,1H3;1-2,5H,3-4H2. The van der Waals surface area contributed by atoms with Crippen LogP contribution in [0, 0.1) is 19.8 Å². The summed E-state index contributed by atoms with van der Waals surface area (Å²) in [4.78, 5) is 22.7. The molecule has 282 valence electrons. The minimum atomic E-state index is -2.59. The molecular formula is C40H41ClF2N6O4S. The fourth-order valence-corrected chi connectivity index (χ4v) is 8.01. The second-order valence-corrected chi connectivity index (χ2v) is 14.9. The quantitative estimate of drug-likeness (QED) is 0.163. The van der Waals surface area contributed by atoms with Crippen molar-refractivity contribution in [1.29, 1.82) is 0 Å². The molecule has 3 N–H and O–H groups in total. The molecule has 0 bridgehead atoms. The van der Waals surface area contributed by atoms with Crippen LogP contribution in [-0.2, 0) is 25.7 Å². The molecule has 6 aromatic rings. The Kier molecular flexibility index (Phi) is 11.5. The summed E-state index contributed by atoms with van der Waals surface area (Å²) >= 11 is 7.28. The number of hydrogen-bond donors (Lipinski definition) is 2. The first kappa shape index (κ1) is 38.6. The number of halogens is 3. The third-order valence-electron chi connectivity index (χ3n) is 8.95. The predicted molar refractivity (Wildman–Crippen MR) is 208 cm³/mol. The monoisotopic (exact) mass is 774 g/mol. The number of aryl methyl sites for hydroxylation is 2. The van der Waals surface area contributed by atoms with E-state index >= 15 is 0 Å². The molecular weight excluding hydrogens is 734 g/mol. The number of alkyl halides is 2. The van der Waals surface area contributed by atoms with Crippen molar-refractivity contribution < 1.29 is 27.5 Å². The van der Waals surface area contributed by atoms with E-state index in [0.717, 1.165) is 44.6 Å². The molecule has 0 saturated heterocycles. The molecule has 5 heterocycles. The van der Waals surface area contributed by atoms with Crippen LogP contribution >= 0.6 is 22.9 Å². The second-order valence-electron chi connectivity index (χ2n) is 13.5. The second kappa shape index (κ2) is 16.1. The Labute approximate surface area is 321 Å². The van der Waals surface area contributed by atoms with Crippen LogP contribution in [0.2, 0.25) is 5.02 Å². The van der Waals surface area contributed by atoms with E-state index in [2.05, 4.69) is 34.3 Å². The largest absolute Gasteiger partial charge is 0.496 e. The summed E-state index contributed by atoms with van der Waals surface area (Å²) in [5, 5.41) is 13.1. The van der Waals surface area contributed by atoms with Crippen LogP contribution in [0.4, 0.5) is 14.6 Å². The maximum Gasteiger partial charge on any atom is 0.256 e. The highest BCUT2D eigenvalue weighted by atomic mass is 35.5. The zero-order chi connectivity index (χ0) is 38.7. The smallest absolute Gasteiger partial charge is 0.256 e. The summed E-state index contributed by atoms with van der Waals surface area (Å²) in [6.45, 7) is 8.59. The normalized spacial score (nSPS) is 13.7. The molecule has 14 heteroatoms. The van der Waals surface area contributed by atoms with Crippen molar-refractivity contribution in [3.05, 3.63) is 99.3 Å². The SMILES string of the molecule is CNc1nccc2cc(-c3c(C(N)=O)c(CC(C)C)nc(C)c3-c3nnc(C)o3)sc12.COc1cccc2c1CC(F)(F)C2.Clc1ccc2c(c1)OCC2. The minimum Gasteiger partial charge on any atom is -0.496 e. The van der Waals surface area contributed by atoms with E-state index in [1.165, 1.54) is 24.0 Å². The fourth-order valence-electron chi connectivity index (χ4n) is 6.64. The van der Waals surface area contributed by atoms with Gasteiger partial charge in [0.2, 0.25) is 11.8 Å². The molecule has 2 aliphatic rings. The van der Waals surface area contributed by atoms with Crippen LogP contribution in [0.5, 0.6) is 11.5 Å². The maximum atomic E-state index is 13.0. The number of methoxy groups -OCH3 is 1. The minimum absolute atomic E-state index is 0.153. The molecule has 0 saturated carbocycles. The van der Waals surface area contributed by atoms with Crippen molar-refractivity contribution in [1.82, 2.24) is 20.2 Å². The lowest BCUT2D eigenvalue weighted by atomic mass is 9.93. The van der Waals surface area contributed by atoms with Gasteiger partial charge in [0, 0.05) is 60.5 Å². The molecule has 10 nitrogen and oxygen atoms in total. The third kappa shape index (κ3) is 8.32. The van der Waals surface area contributed by atoms with Crippen LogP contribution in [0.25, 0.3) is 32.0 Å². The van der Waals surface area contributed by atoms with Gasteiger partial charge in [-0.1, -0.05) is 43.6 Å². The number of carbonyl (C=O) groups is 1. The van der Waals surface area contributed by atoms with Gasteiger partial charge in [-0.25, -0.2) is 13.8 Å². The average Bonchev–Trinajstić information content (AvgIpc) is 3.92. The lowest BCUT2D eigenvalue weighted by Gasteiger charge is -2.17. The molecule has 0 spiro atoms. The van der Waals surface area contributed by atoms with Crippen molar-refractivity contribution in [2.45, 2.75) is 59.3 Å². The number of ether oxygens (including phenoxy) is 2. The van der Waals surface area contributed by atoms with E-state index in [-0.39, 0.29) is 12.8 Å². The molecule has 8 rings (SSSR count). The summed E-state index contributed by atoms with van der Waals surface area (Å²) in [5.74, 6) is 0.249. The molecule has 1 aliphatic heterocycles. The molecule has 0 unspecified atom stereocenters. The summed E-state index contributed by atoms with van der Waals surface area (Å²) < 4.78 is 43.0. The first-order valence-electron chi connectivity index (χ1n) is 17.4. The number of carbonyl (C=O) groups excluding carboxylic acids is 1. The molecule has 1 aliphatic carbocycles. The van der Waals surface area contributed by atoms with Gasteiger partial charge in [0.05, 0.1) is 40.9 Å². The van der Waals surface area contributed by atoms with E-state index in [4.69, 9.17) is 36.2 Å². The molecule has 0 fully saturated rings. The van der Waals surface area contributed by atoms with Gasteiger partial charge in [0.25, 0.3) is 11.8 Å². The molecule has 54 heavy (non-hydrogen) atoms. The van der Waals surface area contributed by atoms with Gasteiger partial charge < -0.3 is 24.9 Å². The predicted octanol–water partition coefficient (Wildman–Crippen LogP) is 9.07. The Bertz CT molecular complexity index is 2330. The average molecular weight is 775 g/mol. The van der Waals surface area contributed by atoms with Gasteiger partial charge in [-0.2, -0.15) is 0 Å². The van der Waals surface area contributed by atoms with Crippen LogP contribution in [0.1, 0.15) is 58.2 Å². The first-order valence-corrected chi connectivity index (χ1v) is 18.6. The number of anilines is 1. The molecule has 1 amide bonds. The molecule has 2 aromatic carbocycles. The van der Waals surface area contributed by atoms with Crippen LogP contribution in [0.15, 0.2) is 59.1 Å². The van der Waals surface area contributed by atoms with Crippen molar-refractivity contribution in [3.8, 4) is 33.4 Å². The zero-order valence-corrected chi connectivity index (χ0v) is 32.4. The van der Waals surface area contributed by atoms with Crippen molar-refractivity contribution in [2.24, 2.45) is 11.7 Å². The molecule has 4 aromatic heterocycles. The number of amides is 1. The van der Waals surface area contributed by atoms with E-state index in [9.17, 15) is 13.6 Å². The van der Waals surface area contributed by atoms with E-state index < -0.39 is 11.8 Å². The Hall–Kier alpha value is -5.14. The maximum absolute atomic E-state index is 13.0. The van der Waals surface area contributed by atoms with Crippen LogP contribution in [0.3, 0.4) is 0 Å². The summed E-state index contributed by atoms with van der Waals surface area (Å²) in [6.07, 6.45) is 3.06. The Morgan fingerprint density at radius 3 is 2.57 bits per heavy atom. The number of nitrogens with one attached hydrogen (secondary N) is 1. The number of primary amides is 1. The number of nitrogens with zero attached hydrogens (tertiary/aromatic N) is 4. The fraction of sp³-hybridized carbons (Fsp3) is 0.325. The van der Waals surface area contributed by atoms with Gasteiger partial charge in [-0.05, 0) is 66.1 Å². The lowest BCUT2D eigenvalue weighted by molar-refractivity contribution is 0.0127. The third-order valence-corrected chi connectivity index (χ3v) is 10.4. The number of pyridine rings is 2. The Morgan fingerprint density at radius 1 is 1.09 bits per heavy atom. The highest BCUT2D eigenvalue weighted by molar-refractivity contribution is 7.23. The number of fused-ring (bicyclic) bond motifs is 3. The summed E-state index contributed by atoms with van der Waals surface area (Å²) in [5.41, 5.74) is 11.7. The molecule has 0 radical (unpaired) electrons. The van der Waals surface area contributed by atoms with Gasteiger partial charge in [-0.15, -0.1) is 21.5 Å². The van der Waals surface area contributed by atoms with E-state index in [0.29, 0.717) is 69.1 Å². The van der Waals surface area contributed by atoms with Crippen molar-refractivity contribution in [2.75, 3.05) is 26.1 Å². The van der Waals surface area contributed by atoms with Gasteiger partial charge in [0.15, 0.2) is 0 Å². The van der Waals surface area contributed by atoms with Crippen molar-refractivity contribution >= 4 is 44.7 Å². The van der Waals surface area contributed by atoms with E-state index in [1.807, 2.05) is 44.3 Å². The van der Waals surface area contributed by atoms with E-state index in [1.54, 1.807) is 31.3 Å². The summed E-state index contributed by atoms with van der Waals surface area (Å²) in [7, 11) is 3.34. The van der Waals surface area contributed by atoms with Gasteiger partial charge >= 0.3 is 0 Å². The topological polar surface area (TPSA) is 138 Å². The van der Waals surface area contributed by atoms with Crippen LogP contribution in [-0.4, -0.2) is 52.8 Å².